The van der Waals surface area contributed by atoms with E-state index in [0.29, 0.717) is 30.6 Å². The Bertz CT molecular complexity index is 959. The molecule has 6 nitrogen and oxygen atoms in total. The SMILES string of the molecule is Cc1cc(C(=O)N(CCc2ccccc2)Cc2ccccn2)ccc1[N+](=O)[O-]. The summed E-state index contributed by atoms with van der Waals surface area (Å²) in [6.45, 7) is 2.54. The fraction of sp³-hybridized carbons (Fsp3) is 0.182. The van der Waals surface area contributed by atoms with Gasteiger partial charge < -0.3 is 4.90 Å². The molecule has 0 N–H and O–H groups in total. The van der Waals surface area contributed by atoms with E-state index in [4.69, 9.17) is 0 Å². The lowest BCUT2D eigenvalue weighted by molar-refractivity contribution is -0.385. The van der Waals surface area contributed by atoms with E-state index in [1.807, 2.05) is 48.5 Å². The van der Waals surface area contributed by atoms with Crippen molar-refractivity contribution in [2.24, 2.45) is 0 Å². The second-order valence-electron chi connectivity index (χ2n) is 6.54. The number of carbonyl (C=O) groups excluding carboxylic acids is 1. The van der Waals surface area contributed by atoms with Crippen molar-refractivity contribution in [3.8, 4) is 0 Å². The Morgan fingerprint density at radius 1 is 1.07 bits per heavy atom. The second kappa shape index (κ2) is 8.90. The molecule has 1 heterocycles. The standard InChI is InChI=1S/C22H21N3O3/c1-17-15-19(10-11-21(17)25(27)28)22(26)24(16-20-9-5-6-13-23-20)14-12-18-7-3-2-4-8-18/h2-11,13,15H,12,14,16H2,1H3. The molecule has 28 heavy (non-hydrogen) atoms. The predicted octanol–water partition coefficient (Wildman–Crippen LogP) is 4.18. The monoisotopic (exact) mass is 375 g/mol. The Hall–Kier alpha value is -3.54. The third-order valence-electron chi connectivity index (χ3n) is 4.52. The van der Waals surface area contributed by atoms with Crippen LogP contribution < -0.4 is 0 Å². The third-order valence-corrected chi connectivity index (χ3v) is 4.52. The zero-order valence-corrected chi connectivity index (χ0v) is 15.6. The number of nitro benzene ring substituents is 1. The van der Waals surface area contributed by atoms with Crippen LogP contribution in [-0.4, -0.2) is 27.3 Å². The topological polar surface area (TPSA) is 76.3 Å². The van der Waals surface area contributed by atoms with Gasteiger partial charge in [-0.2, -0.15) is 0 Å². The number of pyridine rings is 1. The maximum Gasteiger partial charge on any atom is 0.272 e. The molecule has 3 aromatic rings. The molecule has 0 aliphatic carbocycles. The molecule has 0 atom stereocenters. The molecule has 0 aliphatic rings. The maximum atomic E-state index is 13.1. The quantitative estimate of drug-likeness (QED) is 0.458. The van der Waals surface area contributed by atoms with Crippen LogP contribution in [0.15, 0.2) is 72.9 Å². The summed E-state index contributed by atoms with van der Waals surface area (Å²) >= 11 is 0. The van der Waals surface area contributed by atoms with Gasteiger partial charge in [-0.3, -0.25) is 19.9 Å². The normalized spacial score (nSPS) is 10.5. The van der Waals surface area contributed by atoms with E-state index in [1.165, 1.54) is 12.1 Å². The van der Waals surface area contributed by atoms with Crippen LogP contribution in [0.5, 0.6) is 0 Å². The summed E-state index contributed by atoms with van der Waals surface area (Å²) in [6, 6.07) is 20.0. The van der Waals surface area contributed by atoms with Crippen molar-refractivity contribution in [1.29, 1.82) is 0 Å². The molecule has 0 saturated carbocycles. The molecule has 2 aromatic carbocycles. The molecule has 0 aliphatic heterocycles. The van der Waals surface area contributed by atoms with Gasteiger partial charge in [0.25, 0.3) is 11.6 Å². The van der Waals surface area contributed by atoms with Crippen LogP contribution in [0.4, 0.5) is 5.69 Å². The molecule has 0 spiro atoms. The molecule has 0 saturated heterocycles. The number of nitro groups is 1. The molecule has 1 amide bonds. The lowest BCUT2D eigenvalue weighted by Gasteiger charge is -2.23. The first-order valence-corrected chi connectivity index (χ1v) is 9.03. The first kappa shape index (κ1) is 19.2. The molecule has 142 valence electrons. The lowest BCUT2D eigenvalue weighted by atomic mass is 10.1. The summed E-state index contributed by atoms with van der Waals surface area (Å²) in [4.78, 5) is 29.8. The highest BCUT2D eigenvalue weighted by Crippen LogP contribution is 2.20. The summed E-state index contributed by atoms with van der Waals surface area (Å²) in [5.41, 5.74) is 2.85. The van der Waals surface area contributed by atoms with Crippen molar-refractivity contribution in [2.45, 2.75) is 19.9 Å². The van der Waals surface area contributed by atoms with Crippen LogP contribution in [0, 0.1) is 17.0 Å². The maximum absolute atomic E-state index is 13.1. The van der Waals surface area contributed by atoms with Gasteiger partial charge in [0.05, 0.1) is 17.2 Å². The molecule has 0 radical (unpaired) electrons. The van der Waals surface area contributed by atoms with Gasteiger partial charge >= 0.3 is 0 Å². The minimum atomic E-state index is -0.440. The minimum Gasteiger partial charge on any atom is -0.332 e. The molecular formula is C22H21N3O3. The number of hydrogen-bond acceptors (Lipinski definition) is 4. The molecular weight excluding hydrogens is 354 g/mol. The van der Waals surface area contributed by atoms with Gasteiger partial charge in [-0.1, -0.05) is 36.4 Å². The van der Waals surface area contributed by atoms with Gasteiger partial charge in [0.2, 0.25) is 0 Å². The number of amides is 1. The second-order valence-corrected chi connectivity index (χ2v) is 6.54. The van der Waals surface area contributed by atoms with Crippen LogP contribution >= 0.6 is 0 Å². The van der Waals surface area contributed by atoms with E-state index in [2.05, 4.69) is 4.98 Å². The highest BCUT2D eigenvalue weighted by atomic mass is 16.6. The fourth-order valence-electron chi connectivity index (χ4n) is 3.02. The fourth-order valence-corrected chi connectivity index (χ4v) is 3.02. The van der Waals surface area contributed by atoms with Gasteiger partial charge in [0.15, 0.2) is 0 Å². The Morgan fingerprint density at radius 3 is 2.46 bits per heavy atom. The molecule has 6 heteroatoms. The largest absolute Gasteiger partial charge is 0.332 e. The van der Waals surface area contributed by atoms with Gasteiger partial charge in [0.1, 0.15) is 0 Å². The summed E-state index contributed by atoms with van der Waals surface area (Å²) < 4.78 is 0. The summed E-state index contributed by atoms with van der Waals surface area (Å²) in [5.74, 6) is -0.167. The van der Waals surface area contributed by atoms with E-state index in [0.717, 1.165) is 11.3 Å². The van der Waals surface area contributed by atoms with Gasteiger partial charge in [-0.25, -0.2) is 0 Å². The summed E-state index contributed by atoms with van der Waals surface area (Å²) in [5, 5.41) is 11.0. The number of carbonyl (C=O) groups is 1. The summed E-state index contributed by atoms with van der Waals surface area (Å²) in [7, 11) is 0. The minimum absolute atomic E-state index is 0.0112. The number of aromatic nitrogens is 1. The molecule has 0 unspecified atom stereocenters. The van der Waals surface area contributed by atoms with Crippen LogP contribution in [0.1, 0.15) is 27.2 Å². The Kier molecular flexibility index (Phi) is 6.11. The van der Waals surface area contributed by atoms with Crippen molar-refractivity contribution < 1.29 is 9.72 Å². The van der Waals surface area contributed by atoms with Gasteiger partial charge in [0, 0.05) is 29.9 Å². The van der Waals surface area contributed by atoms with Crippen LogP contribution in [0.25, 0.3) is 0 Å². The van der Waals surface area contributed by atoms with E-state index >= 15 is 0 Å². The predicted molar refractivity (Wildman–Crippen MR) is 107 cm³/mol. The average Bonchev–Trinajstić information content (AvgIpc) is 2.71. The summed E-state index contributed by atoms with van der Waals surface area (Å²) in [6.07, 6.45) is 2.41. The molecule has 0 bridgehead atoms. The average molecular weight is 375 g/mol. The van der Waals surface area contributed by atoms with Crippen LogP contribution in [0.2, 0.25) is 0 Å². The van der Waals surface area contributed by atoms with E-state index in [1.54, 1.807) is 24.1 Å². The van der Waals surface area contributed by atoms with Crippen molar-refractivity contribution in [3.05, 3.63) is 105 Å². The third kappa shape index (κ3) is 4.79. The Balaban J connectivity index is 1.83. The first-order chi connectivity index (χ1) is 13.5. The Morgan fingerprint density at radius 2 is 1.82 bits per heavy atom. The van der Waals surface area contributed by atoms with Gasteiger partial charge in [-0.15, -0.1) is 0 Å². The zero-order valence-electron chi connectivity index (χ0n) is 15.6. The number of hydrogen-bond donors (Lipinski definition) is 0. The van der Waals surface area contributed by atoms with Crippen molar-refractivity contribution >= 4 is 11.6 Å². The van der Waals surface area contributed by atoms with E-state index in [-0.39, 0.29) is 11.6 Å². The smallest absolute Gasteiger partial charge is 0.272 e. The highest BCUT2D eigenvalue weighted by molar-refractivity contribution is 5.94. The number of benzene rings is 2. The zero-order chi connectivity index (χ0) is 19.9. The van der Waals surface area contributed by atoms with Crippen molar-refractivity contribution in [1.82, 2.24) is 9.88 Å². The van der Waals surface area contributed by atoms with E-state index < -0.39 is 4.92 Å². The number of rotatable bonds is 7. The lowest BCUT2D eigenvalue weighted by Crippen LogP contribution is -2.33. The number of nitrogens with zero attached hydrogens (tertiary/aromatic N) is 3. The highest BCUT2D eigenvalue weighted by Gasteiger charge is 2.19. The first-order valence-electron chi connectivity index (χ1n) is 9.03. The molecule has 3 rings (SSSR count). The van der Waals surface area contributed by atoms with E-state index in [9.17, 15) is 14.9 Å². The van der Waals surface area contributed by atoms with Crippen LogP contribution in [0.3, 0.4) is 0 Å². The van der Waals surface area contributed by atoms with Crippen molar-refractivity contribution in [3.63, 3.8) is 0 Å². The Labute approximate surface area is 163 Å². The van der Waals surface area contributed by atoms with Gasteiger partial charge in [-0.05, 0) is 43.2 Å². The van der Waals surface area contributed by atoms with Crippen LogP contribution in [-0.2, 0) is 13.0 Å². The molecule has 0 fully saturated rings. The van der Waals surface area contributed by atoms with Crippen molar-refractivity contribution in [2.75, 3.05) is 6.54 Å². The molecule has 1 aromatic heterocycles. The number of aryl methyl sites for hydroxylation is 1.